The maximum absolute atomic E-state index is 12.1. The molecule has 0 fully saturated rings. The first-order valence-corrected chi connectivity index (χ1v) is 11.7. The molecule has 3 heteroatoms. The molecule has 0 saturated heterocycles. The van der Waals surface area contributed by atoms with Gasteiger partial charge in [0.1, 0.15) is 11.3 Å². The molecule has 2 N–H and O–H groups in total. The predicted octanol–water partition coefficient (Wildman–Crippen LogP) is 7.32. The first-order valence-electron chi connectivity index (χ1n) is 11.7. The Morgan fingerprint density at radius 2 is 1.38 bits per heavy atom. The van der Waals surface area contributed by atoms with Crippen LogP contribution in [-0.4, -0.2) is 16.2 Å². The Hall–Kier alpha value is -3.85. The molecular weight excluding hydrogens is 420 g/mol. The largest absolute Gasteiger partial charge is 0.507 e. The number of aryl methyl sites for hydroxylation is 1. The fourth-order valence-electron chi connectivity index (χ4n) is 4.59. The molecule has 0 saturated carbocycles. The van der Waals surface area contributed by atoms with Crippen molar-refractivity contribution < 1.29 is 15.0 Å². The number of aromatic carboxylic acids is 1. The molecule has 0 radical (unpaired) electrons. The van der Waals surface area contributed by atoms with E-state index < -0.39 is 5.97 Å². The van der Waals surface area contributed by atoms with Crippen LogP contribution in [0.2, 0.25) is 0 Å². The number of hydrogen-bond acceptors (Lipinski definition) is 2. The molecule has 0 amide bonds. The van der Waals surface area contributed by atoms with Crippen LogP contribution >= 0.6 is 0 Å². The van der Waals surface area contributed by atoms with Gasteiger partial charge in [-0.25, -0.2) is 4.79 Å². The molecule has 2 atom stereocenters. The van der Waals surface area contributed by atoms with Crippen molar-refractivity contribution in [2.45, 2.75) is 38.5 Å². The van der Waals surface area contributed by atoms with Gasteiger partial charge in [-0.1, -0.05) is 103 Å². The minimum atomic E-state index is -1.12. The van der Waals surface area contributed by atoms with Crippen molar-refractivity contribution in [1.82, 2.24) is 0 Å². The molecule has 0 aliphatic carbocycles. The highest BCUT2D eigenvalue weighted by molar-refractivity contribution is 5.91. The van der Waals surface area contributed by atoms with Gasteiger partial charge >= 0.3 is 5.97 Å². The SMILES string of the molecule is Cc1ccc(Cc2cc(C(=O)O)c(O)c(C(CC(C)c3ccccc3)c3ccccc3)c2)cc1. The Labute approximate surface area is 201 Å². The van der Waals surface area contributed by atoms with E-state index in [-0.39, 0.29) is 23.1 Å². The summed E-state index contributed by atoms with van der Waals surface area (Å²) in [5, 5.41) is 21.0. The van der Waals surface area contributed by atoms with Crippen molar-refractivity contribution >= 4 is 5.97 Å². The molecule has 4 rings (SSSR count). The topological polar surface area (TPSA) is 57.5 Å². The van der Waals surface area contributed by atoms with Crippen molar-refractivity contribution in [3.63, 3.8) is 0 Å². The number of carboxylic acid groups (broad SMARTS) is 1. The Morgan fingerprint density at radius 3 is 1.97 bits per heavy atom. The standard InChI is InChI=1S/C31H30O3/c1-21-13-15-23(16-14-21)18-24-19-28(30(32)29(20-24)31(33)34)27(26-11-7-4-8-12-26)17-22(2)25-9-5-3-6-10-25/h3-16,19-20,22,27,32H,17-18H2,1-2H3,(H,33,34). The van der Waals surface area contributed by atoms with E-state index in [1.807, 2.05) is 49.4 Å². The third-order valence-corrected chi connectivity index (χ3v) is 6.49. The zero-order valence-electron chi connectivity index (χ0n) is 19.6. The summed E-state index contributed by atoms with van der Waals surface area (Å²) in [5.74, 6) is -1.19. The molecule has 34 heavy (non-hydrogen) atoms. The number of phenols is 1. The van der Waals surface area contributed by atoms with Crippen molar-refractivity contribution in [3.05, 3.63) is 136 Å². The molecule has 3 nitrogen and oxygen atoms in total. The molecule has 4 aromatic rings. The zero-order chi connectivity index (χ0) is 24.1. The van der Waals surface area contributed by atoms with E-state index in [0.717, 1.165) is 23.1 Å². The number of benzene rings is 4. The van der Waals surface area contributed by atoms with Gasteiger partial charge in [0.05, 0.1) is 0 Å². The first kappa shape index (κ1) is 23.3. The van der Waals surface area contributed by atoms with Gasteiger partial charge < -0.3 is 10.2 Å². The lowest BCUT2D eigenvalue weighted by molar-refractivity contribution is 0.0693. The second kappa shape index (κ2) is 10.4. The van der Waals surface area contributed by atoms with Gasteiger partial charge in [-0.05, 0) is 54.0 Å². The Bertz CT molecular complexity index is 1250. The van der Waals surface area contributed by atoms with Crippen molar-refractivity contribution in [1.29, 1.82) is 0 Å². The average molecular weight is 451 g/mol. The van der Waals surface area contributed by atoms with Crippen LogP contribution in [0.1, 0.15) is 68.9 Å². The summed E-state index contributed by atoms with van der Waals surface area (Å²) < 4.78 is 0. The van der Waals surface area contributed by atoms with Gasteiger partial charge in [-0.15, -0.1) is 0 Å². The molecule has 0 spiro atoms. The lowest BCUT2D eigenvalue weighted by atomic mass is 9.80. The summed E-state index contributed by atoms with van der Waals surface area (Å²) in [6.07, 6.45) is 1.35. The van der Waals surface area contributed by atoms with Gasteiger partial charge in [0, 0.05) is 11.5 Å². The van der Waals surface area contributed by atoms with Gasteiger partial charge in [0.15, 0.2) is 0 Å². The van der Waals surface area contributed by atoms with E-state index in [0.29, 0.717) is 12.0 Å². The fourth-order valence-corrected chi connectivity index (χ4v) is 4.59. The van der Waals surface area contributed by atoms with Crippen LogP contribution in [0.25, 0.3) is 0 Å². The Balaban J connectivity index is 1.79. The molecule has 0 aromatic heterocycles. The summed E-state index contributed by atoms with van der Waals surface area (Å²) in [6, 6.07) is 32.2. The van der Waals surface area contributed by atoms with E-state index in [4.69, 9.17) is 0 Å². The minimum absolute atomic E-state index is 0.0482. The minimum Gasteiger partial charge on any atom is -0.507 e. The molecule has 4 aromatic carbocycles. The predicted molar refractivity (Wildman–Crippen MR) is 137 cm³/mol. The van der Waals surface area contributed by atoms with Gasteiger partial charge in [0.25, 0.3) is 0 Å². The summed E-state index contributed by atoms with van der Waals surface area (Å²) in [6.45, 7) is 4.22. The second-order valence-corrected chi connectivity index (χ2v) is 9.06. The first-order chi connectivity index (χ1) is 16.4. The van der Waals surface area contributed by atoms with Crippen LogP contribution in [0.15, 0.2) is 97.1 Å². The molecule has 172 valence electrons. The van der Waals surface area contributed by atoms with Crippen molar-refractivity contribution in [2.24, 2.45) is 0 Å². The molecule has 0 aliphatic heterocycles. The maximum atomic E-state index is 12.1. The van der Waals surface area contributed by atoms with E-state index in [9.17, 15) is 15.0 Å². The van der Waals surface area contributed by atoms with Gasteiger partial charge in [-0.2, -0.15) is 0 Å². The quantitative estimate of drug-likeness (QED) is 0.296. The highest BCUT2D eigenvalue weighted by Gasteiger charge is 2.25. The second-order valence-electron chi connectivity index (χ2n) is 9.06. The average Bonchev–Trinajstić information content (AvgIpc) is 2.86. The summed E-state index contributed by atoms with van der Waals surface area (Å²) in [5.41, 5.74) is 6.06. The van der Waals surface area contributed by atoms with Crippen molar-refractivity contribution in [2.75, 3.05) is 0 Å². The summed E-state index contributed by atoms with van der Waals surface area (Å²) in [7, 11) is 0. The monoisotopic (exact) mass is 450 g/mol. The fraction of sp³-hybridized carbons (Fsp3) is 0.194. The van der Waals surface area contributed by atoms with Gasteiger partial charge in [-0.3, -0.25) is 0 Å². The third-order valence-electron chi connectivity index (χ3n) is 6.49. The van der Waals surface area contributed by atoms with Crippen molar-refractivity contribution in [3.8, 4) is 5.75 Å². The molecule has 0 bridgehead atoms. The Kier molecular flexibility index (Phi) is 7.12. The number of carbonyl (C=O) groups is 1. The van der Waals surface area contributed by atoms with Crippen LogP contribution in [0.4, 0.5) is 0 Å². The molecule has 0 heterocycles. The smallest absolute Gasteiger partial charge is 0.339 e. The highest BCUT2D eigenvalue weighted by atomic mass is 16.4. The Morgan fingerprint density at radius 1 is 0.794 bits per heavy atom. The van der Waals surface area contributed by atoms with Crippen LogP contribution in [0.5, 0.6) is 5.75 Å². The van der Waals surface area contributed by atoms with E-state index in [1.54, 1.807) is 6.07 Å². The lowest BCUT2D eigenvalue weighted by Gasteiger charge is -2.24. The van der Waals surface area contributed by atoms with E-state index in [2.05, 4.69) is 55.5 Å². The summed E-state index contributed by atoms with van der Waals surface area (Å²) >= 11 is 0. The maximum Gasteiger partial charge on any atom is 0.339 e. The normalized spacial score (nSPS) is 12.8. The van der Waals surface area contributed by atoms with Crippen LogP contribution < -0.4 is 0 Å². The van der Waals surface area contributed by atoms with E-state index >= 15 is 0 Å². The molecule has 2 unspecified atom stereocenters. The van der Waals surface area contributed by atoms with E-state index in [1.165, 1.54) is 11.1 Å². The summed E-state index contributed by atoms with van der Waals surface area (Å²) in [4.78, 5) is 12.1. The van der Waals surface area contributed by atoms with Crippen LogP contribution in [-0.2, 0) is 6.42 Å². The number of hydrogen-bond donors (Lipinski definition) is 2. The van der Waals surface area contributed by atoms with Crippen LogP contribution in [0.3, 0.4) is 0 Å². The van der Waals surface area contributed by atoms with Crippen LogP contribution in [0, 0.1) is 6.92 Å². The van der Waals surface area contributed by atoms with Gasteiger partial charge in [0.2, 0.25) is 0 Å². The number of aromatic hydroxyl groups is 1. The lowest BCUT2D eigenvalue weighted by Crippen LogP contribution is -2.10. The zero-order valence-corrected chi connectivity index (χ0v) is 19.6. The third kappa shape index (κ3) is 5.37. The number of carboxylic acids is 1. The molecular formula is C31H30O3. The highest BCUT2D eigenvalue weighted by Crippen LogP contribution is 2.41. The molecule has 0 aliphatic rings. The number of rotatable bonds is 8.